The molecule has 0 aromatic heterocycles. The predicted molar refractivity (Wildman–Crippen MR) is 87.4 cm³/mol. The molecule has 0 spiro atoms. The molecule has 2 rings (SSSR count). The fourth-order valence-corrected chi connectivity index (χ4v) is 2.34. The number of aryl methyl sites for hydroxylation is 1. The van der Waals surface area contributed by atoms with E-state index in [1.54, 1.807) is 19.1 Å². The number of nitrogens with one attached hydrogen (secondary N) is 2. The average molecular weight is 351 g/mol. The van der Waals surface area contributed by atoms with Crippen LogP contribution in [0.2, 0.25) is 0 Å². The monoisotopic (exact) mass is 350 g/mol. The Morgan fingerprint density at radius 2 is 1.95 bits per heavy atom. The highest BCUT2D eigenvalue weighted by molar-refractivity contribution is 9.10. The molecule has 5 heteroatoms. The van der Waals surface area contributed by atoms with Crippen LogP contribution < -0.4 is 10.6 Å². The van der Waals surface area contributed by atoms with Crippen molar-refractivity contribution in [1.82, 2.24) is 0 Å². The third kappa shape index (κ3) is 3.61. The number of carbonyl (C=O) groups is 1. The van der Waals surface area contributed by atoms with Crippen molar-refractivity contribution in [2.24, 2.45) is 0 Å². The number of benzene rings is 2. The van der Waals surface area contributed by atoms with Crippen LogP contribution in [-0.2, 0) is 0 Å². The lowest BCUT2D eigenvalue weighted by molar-refractivity contribution is 0.102. The van der Waals surface area contributed by atoms with Gasteiger partial charge in [0.05, 0.1) is 10.0 Å². The molecular formula is C16H16BrFN2O. The minimum Gasteiger partial charge on any atom is -0.385 e. The maximum Gasteiger partial charge on any atom is 0.257 e. The molecule has 21 heavy (non-hydrogen) atoms. The first-order valence-corrected chi connectivity index (χ1v) is 7.42. The van der Waals surface area contributed by atoms with Gasteiger partial charge in [-0.1, -0.05) is 12.1 Å². The summed E-state index contributed by atoms with van der Waals surface area (Å²) in [6.45, 7) is 4.45. The van der Waals surface area contributed by atoms with Crippen LogP contribution in [0.5, 0.6) is 0 Å². The molecule has 110 valence electrons. The van der Waals surface area contributed by atoms with E-state index >= 15 is 0 Å². The molecule has 0 fully saturated rings. The largest absolute Gasteiger partial charge is 0.385 e. The number of rotatable bonds is 4. The molecule has 0 aliphatic heterocycles. The Hall–Kier alpha value is -1.88. The van der Waals surface area contributed by atoms with Gasteiger partial charge in [-0.25, -0.2) is 4.39 Å². The van der Waals surface area contributed by atoms with Crippen LogP contribution in [0.3, 0.4) is 0 Å². The topological polar surface area (TPSA) is 41.1 Å². The first kappa shape index (κ1) is 15.5. The van der Waals surface area contributed by atoms with E-state index in [0.29, 0.717) is 21.3 Å². The van der Waals surface area contributed by atoms with Crippen molar-refractivity contribution in [2.75, 3.05) is 17.2 Å². The third-order valence-electron chi connectivity index (χ3n) is 3.05. The first-order chi connectivity index (χ1) is 10.0. The zero-order valence-electron chi connectivity index (χ0n) is 11.8. The lowest BCUT2D eigenvalue weighted by atomic mass is 10.1. The van der Waals surface area contributed by atoms with Crippen molar-refractivity contribution in [3.8, 4) is 0 Å². The van der Waals surface area contributed by atoms with Crippen molar-refractivity contribution in [2.45, 2.75) is 13.8 Å². The van der Waals surface area contributed by atoms with Gasteiger partial charge in [0.15, 0.2) is 0 Å². The SMILES string of the molecule is CCNc1ccccc1C(=O)Nc1cc(Br)c(F)cc1C. The van der Waals surface area contributed by atoms with Crippen LogP contribution in [0.4, 0.5) is 15.8 Å². The highest BCUT2D eigenvalue weighted by Crippen LogP contribution is 2.25. The molecule has 3 nitrogen and oxygen atoms in total. The Bertz CT molecular complexity index is 673. The van der Waals surface area contributed by atoms with Crippen molar-refractivity contribution >= 4 is 33.2 Å². The molecular weight excluding hydrogens is 335 g/mol. The Balaban J connectivity index is 2.28. The van der Waals surface area contributed by atoms with Gasteiger partial charge >= 0.3 is 0 Å². The fourth-order valence-electron chi connectivity index (χ4n) is 2.00. The van der Waals surface area contributed by atoms with Crippen molar-refractivity contribution in [1.29, 1.82) is 0 Å². The smallest absolute Gasteiger partial charge is 0.257 e. The van der Waals surface area contributed by atoms with Crippen molar-refractivity contribution in [3.05, 3.63) is 57.8 Å². The summed E-state index contributed by atoms with van der Waals surface area (Å²) in [5.41, 5.74) is 2.58. The zero-order valence-corrected chi connectivity index (χ0v) is 13.4. The molecule has 0 bridgehead atoms. The van der Waals surface area contributed by atoms with Crippen LogP contribution in [0.25, 0.3) is 0 Å². The van der Waals surface area contributed by atoms with Gasteiger partial charge in [0.1, 0.15) is 5.82 Å². The van der Waals surface area contributed by atoms with Gasteiger partial charge in [-0.3, -0.25) is 4.79 Å². The molecule has 0 atom stereocenters. The van der Waals surface area contributed by atoms with Crippen molar-refractivity contribution < 1.29 is 9.18 Å². The molecule has 0 saturated heterocycles. The average Bonchev–Trinajstić information content (AvgIpc) is 2.45. The van der Waals surface area contributed by atoms with Crippen LogP contribution in [0, 0.1) is 12.7 Å². The second kappa shape index (κ2) is 6.72. The molecule has 0 saturated carbocycles. The van der Waals surface area contributed by atoms with Crippen LogP contribution in [0.15, 0.2) is 40.9 Å². The highest BCUT2D eigenvalue weighted by Gasteiger charge is 2.13. The summed E-state index contributed by atoms with van der Waals surface area (Å²) in [7, 11) is 0. The number of para-hydroxylation sites is 1. The van der Waals surface area contributed by atoms with E-state index in [0.717, 1.165) is 12.2 Å². The number of hydrogen-bond acceptors (Lipinski definition) is 2. The molecule has 2 aromatic carbocycles. The van der Waals surface area contributed by atoms with E-state index in [9.17, 15) is 9.18 Å². The molecule has 1 amide bonds. The van der Waals surface area contributed by atoms with E-state index in [1.807, 2.05) is 25.1 Å². The van der Waals surface area contributed by atoms with E-state index in [2.05, 4.69) is 26.6 Å². The van der Waals surface area contributed by atoms with Crippen LogP contribution in [0.1, 0.15) is 22.8 Å². The van der Waals surface area contributed by atoms with Crippen LogP contribution in [-0.4, -0.2) is 12.5 Å². The third-order valence-corrected chi connectivity index (χ3v) is 3.66. The standard InChI is InChI=1S/C16H16BrFN2O/c1-3-19-14-7-5-4-6-11(14)16(21)20-15-9-12(17)13(18)8-10(15)2/h4-9,19H,3H2,1-2H3,(H,20,21). The van der Waals surface area contributed by atoms with Gasteiger partial charge in [-0.2, -0.15) is 0 Å². The molecule has 0 aliphatic carbocycles. The van der Waals surface area contributed by atoms with Gasteiger partial charge in [0.25, 0.3) is 5.91 Å². The Labute approximate surface area is 131 Å². The maximum absolute atomic E-state index is 13.4. The van der Waals surface area contributed by atoms with Crippen molar-refractivity contribution in [3.63, 3.8) is 0 Å². The highest BCUT2D eigenvalue weighted by atomic mass is 79.9. The van der Waals surface area contributed by atoms with E-state index in [1.165, 1.54) is 6.07 Å². The number of carbonyl (C=O) groups excluding carboxylic acids is 1. The lowest BCUT2D eigenvalue weighted by Gasteiger charge is -2.13. The van der Waals surface area contributed by atoms with Gasteiger partial charge in [-0.05, 0) is 59.6 Å². The predicted octanol–water partition coefficient (Wildman–Crippen LogP) is 4.58. The van der Waals surface area contributed by atoms with Gasteiger partial charge in [0.2, 0.25) is 0 Å². The summed E-state index contributed by atoms with van der Waals surface area (Å²) in [6, 6.07) is 10.2. The fraction of sp³-hybridized carbons (Fsp3) is 0.188. The summed E-state index contributed by atoms with van der Waals surface area (Å²) in [6.07, 6.45) is 0. The molecule has 2 aromatic rings. The second-order valence-corrected chi connectivity index (χ2v) is 5.47. The van der Waals surface area contributed by atoms with E-state index in [4.69, 9.17) is 0 Å². The maximum atomic E-state index is 13.4. The lowest BCUT2D eigenvalue weighted by Crippen LogP contribution is -2.15. The summed E-state index contributed by atoms with van der Waals surface area (Å²) >= 11 is 3.13. The quantitative estimate of drug-likeness (QED) is 0.847. The van der Waals surface area contributed by atoms with E-state index < -0.39 is 0 Å². The Kier molecular flexibility index (Phi) is 4.96. The number of amides is 1. The van der Waals surface area contributed by atoms with Crippen LogP contribution >= 0.6 is 15.9 Å². The Morgan fingerprint density at radius 3 is 2.67 bits per heavy atom. The second-order valence-electron chi connectivity index (χ2n) is 4.61. The number of hydrogen-bond donors (Lipinski definition) is 2. The Morgan fingerprint density at radius 1 is 1.24 bits per heavy atom. The summed E-state index contributed by atoms with van der Waals surface area (Å²) in [5, 5.41) is 5.97. The van der Waals surface area contributed by atoms with Gasteiger partial charge in [0, 0.05) is 17.9 Å². The van der Waals surface area contributed by atoms with Gasteiger partial charge < -0.3 is 10.6 Å². The first-order valence-electron chi connectivity index (χ1n) is 6.62. The minimum atomic E-state index is -0.349. The number of anilines is 2. The summed E-state index contributed by atoms with van der Waals surface area (Å²) in [5.74, 6) is -0.577. The normalized spacial score (nSPS) is 10.3. The minimum absolute atomic E-state index is 0.229. The molecule has 2 N–H and O–H groups in total. The number of halogens is 2. The van der Waals surface area contributed by atoms with E-state index in [-0.39, 0.29) is 11.7 Å². The zero-order chi connectivity index (χ0) is 15.4. The van der Waals surface area contributed by atoms with Gasteiger partial charge in [-0.15, -0.1) is 0 Å². The molecule has 0 heterocycles. The summed E-state index contributed by atoms with van der Waals surface area (Å²) < 4.78 is 13.7. The molecule has 0 unspecified atom stereocenters. The summed E-state index contributed by atoms with van der Waals surface area (Å²) in [4.78, 5) is 12.4. The molecule has 0 aliphatic rings. The molecule has 0 radical (unpaired) electrons.